The van der Waals surface area contributed by atoms with E-state index in [4.69, 9.17) is 9.84 Å². The van der Waals surface area contributed by atoms with Gasteiger partial charge >= 0.3 is 0 Å². The SMILES string of the molecule is Cc1cc(N2CCC(OCCO)CC2)ccn1. The zero-order valence-electron chi connectivity index (χ0n) is 10.3. The lowest BCUT2D eigenvalue weighted by atomic mass is 10.1. The Morgan fingerprint density at radius 1 is 1.47 bits per heavy atom. The van der Waals surface area contributed by atoms with Crippen molar-refractivity contribution in [3.05, 3.63) is 24.0 Å². The Morgan fingerprint density at radius 2 is 2.24 bits per heavy atom. The summed E-state index contributed by atoms with van der Waals surface area (Å²) in [5, 5.41) is 8.72. The first-order valence-corrected chi connectivity index (χ1v) is 6.19. The van der Waals surface area contributed by atoms with E-state index in [1.54, 1.807) is 0 Å². The second-order valence-electron chi connectivity index (χ2n) is 4.44. The molecule has 0 unspecified atom stereocenters. The summed E-state index contributed by atoms with van der Waals surface area (Å²) in [6.45, 7) is 4.61. The molecule has 0 aromatic carbocycles. The van der Waals surface area contributed by atoms with Gasteiger partial charge in [-0.2, -0.15) is 0 Å². The topological polar surface area (TPSA) is 45.6 Å². The highest BCUT2D eigenvalue weighted by molar-refractivity contribution is 5.46. The Kier molecular flexibility index (Phi) is 4.34. The predicted molar refractivity (Wildman–Crippen MR) is 67.2 cm³/mol. The van der Waals surface area contributed by atoms with E-state index >= 15 is 0 Å². The van der Waals surface area contributed by atoms with Gasteiger partial charge in [-0.25, -0.2) is 0 Å². The Labute approximate surface area is 102 Å². The number of pyridine rings is 1. The summed E-state index contributed by atoms with van der Waals surface area (Å²) in [7, 11) is 0. The van der Waals surface area contributed by atoms with Crippen molar-refractivity contribution in [1.82, 2.24) is 4.98 Å². The van der Waals surface area contributed by atoms with Gasteiger partial charge in [-0.05, 0) is 31.9 Å². The maximum atomic E-state index is 8.72. The summed E-state index contributed by atoms with van der Waals surface area (Å²) in [6.07, 6.45) is 4.23. The van der Waals surface area contributed by atoms with Gasteiger partial charge in [-0.15, -0.1) is 0 Å². The quantitative estimate of drug-likeness (QED) is 0.857. The van der Waals surface area contributed by atoms with Crippen LogP contribution in [0.25, 0.3) is 0 Å². The van der Waals surface area contributed by atoms with Gasteiger partial charge in [0.05, 0.1) is 19.3 Å². The molecule has 4 heteroatoms. The minimum Gasteiger partial charge on any atom is -0.394 e. The molecule has 1 fully saturated rings. The van der Waals surface area contributed by atoms with Gasteiger partial charge in [0.1, 0.15) is 0 Å². The number of ether oxygens (including phenoxy) is 1. The lowest BCUT2D eigenvalue weighted by molar-refractivity contribution is 0.0159. The van der Waals surface area contributed by atoms with Crippen molar-refractivity contribution in [1.29, 1.82) is 0 Å². The Bertz CT molecular complexity index is 349. The minimum absolute atomic E-state index is 0.115. The summed E-state index contributed by atoms with van der Waals surface area (Å²) < 4.78 is 5.55. The third-order valence-corrected chi connectivity index (χ3v) is 3.13. The van der Waals surface area contributed by atoms with Crippen molar-refractivity contribution in [2.75, 3.05) is 31.2 Å². The fraction of sp³-hybridized carbons (Fsp3) is 0.615. The van der Waals surface area contributed by atoms with Gasteiger partial charge in [0.25, 0.3) is 0 Å². The molecule has 0 radical (unpaired) electrons. The van der Waals surface area contributed by atoms with Crippen LogP contribution < -0.4 is 4.90 Å². The lowest BCUT2D eigenvalue weighted by Gasteiger charge is -2.33. The van der Waals surface area contributed by atoms with Crippen LogP contribution in [-0.2, 0) is 4.74 Å². The van der Waals surface area contributed by atoms with Crippen molar-refractivity contribution < 1.29 is 9.84 Å². The molecule has 0 saturated carbocycles. The maximum absolute atomic E-state index is 8.72. The molecule has 0 amide bonds. The van der Waals surface area contributed by atoms with Gasteiger partial charge in [-0.3, -0.25) is 4.98 Å². The molecule has 0 bridgehead atoms. The van der Waals surface area contributed by atoms with Crippen molar-refractivity contribution in [3.63, 3.8) is 0 Å². The van der Waals surface area contributed by atoms with Crippen molar-refractivity contribution in [2.24, 2.45) is 0 Å². The Balaban J connectivity index is 1.86. The van der Waals surface area contributed by atoms with E-state index in [9.17, 15) is 0 Å². The van der Waals surface area contributed by atoms with E-state index in [0.717, 1.165) is 31.6 Å². The summed E-state index contributed by atoms with van der Waals surface area (Å²) >= 11 is 0. The molecule has 1 saturated heterocycles. The summed E-state index contributed by atoms with van der Waals surface area (Å²) in [6, 6.07) is 4.18. The molecule has 1 N–H and O–H groups in total. The number of hydrogen-bond acceptors (Lipinski definition) is 4. The molecule has 17 heavy (non-hydrogen) atoms. The summed E-state index contributed by atoms with van der Waals surface area (Å²) in [5.74, 6) is 0. The monoisotopic (exact) mass is 236 g/mol. The molecule has 4 nitrogen and oxygen atoms in total. The fourth-order valence-corrected chi connectivity index (χ4v) is 2.23. The molecule has 1 aromatic heterocycles. The standard InChI is InChI=1S/C13H20N2O2/c1-11-10-12(2-5-14-11)15-6-3-13(4-7-15)17-9-8-16/h2,5,10,13,16H,3-4,6-9H2,1H3. The molecular weight excluding hydrogens is 216 g/mol. The fourth-order valence-electron chi connectivity index (χ4n) is 2.23. The van der Waals surface area contributed by atoms with Crippen molar-refractivity contribution in [3.8, 4) is 0 Å². The average Bonchev–Trinajstić information content (AvgIpc) is 2.37. The van der Waals surface area contributed by atoms with Gasteiger partial charge in [0.15, 0.2) is 0 Å². The number of aromatic nitrogens is 1. The zero-order chi connectivity index (χ0) is 12.1. The lowest BCUT2D eigenvalue weighted by Crippen LogP contribution is -2.37. The number of aliphatic hydroxyl groups excluding tert-OH is 1. The van der Waals surface area contributed by atoms with Crippen LogP contribution in [0.3, 0.4) is 0 Å². The van der Waals surface area contributed by atoms with Gasteiger partial charge in [0, 0.05) is 30.7 Å². The van der Waals surface area contributed by atoms with Crippen LogP contribution in [0.4, 0.5) is 5.69 Å². The normalized spacial score (nSPS) is 17.4. The predicted octanol–water partition coefficient (Wildman–Crippen LogP) is 1.37. The van der Waals surface area contributed by atoms with E-state index in [0.29, 0.717) is 12.7 Å². The number of anilines is 1. The van der Waals surface area contributed by atoms with Crippen LogP contribution in [0.2, 0.25) is 0 Å². The van der Waals surface area contributed by atoms with Crippen LogP contribution in [0.15, 0.2) is 18.3 Å². The molecule has 1 aliphatic heterocycles. The third-order valence-electron chi connectivity index (χ3n) is 3.13. The molecule has 2 rings (SSSR count). The van der Waals surface area contributed by atoms with Crippen LogP contribution in [0, 0.1) is 6.92 Å². The average molecular weight is 236 g/mol. The smallest absolute Gasteiger partial charge is 0.0701 e. The van der Waals surface area contributed by atoms with Crippen LogP contribution in [0.1, 0.15) is 18.5 Å². The second kappa shape index (κ2) is 5.98. The molecule has 0 aliphatic carbocycles. The number of aryl methyl sites for hydroxylation is 1. The first-order chi connectivity index (χ1) is 8.29. The van der Waals surface area contributed by atoms with E-state index in [1.807, 2.05) is 13.1 Å². The number of aliphatic hydroxyl groups is 1. The number of piperidine rings is 1. The van der Waals surface area contributed by atoms with Crippen molar-refractivity contribution in [2.45, 2.75) is 25.9 Å². The van der Waals surface area contributed by atoms with Gasteiger partial charge in [0.2, 0.25) is 0 Å². The molecule has 0 spiro atoms. The highest BCUT2D eigenvalue weighted by Gasteiger charge is 2.19. The molecule has 1 aromatic rings. The first-order valence-electron chi connectivity index (χ1n) is 6.19. The Morgan fingerprint density at radius 3 is 2.88 bits per heavy atom. The second-order valence-corrected chi connectivity index (χ2v) is 4.44. The maximum Gasteiger partial charge on any atom is 0.0701 e. The first kappa shape index (κ1) is 12.3. The van der Waals surface area contributed by atoms with E-state index < -0.39 is 0 Å². The van der Waals surface area contributed by atoms with E-state index in [-0.39, 0.29) is 6.61 Å². The molecule has 0 atom stereocenters. The summed E-state index contributed by atoms with van der Waals surface area (Å²) in [4.78, 5) is 6.58. The third kappa shape index (κ3) is 3.41. The number of rotatable bonds is 4. The largest absolute Gasteiger partial charge is 0.394 e. The minimum atomic E-state index is 0.115. The van der Waals surface area contributed by atoms with Gasteiger partial charge < -0.3 is 14.7 Å². The molecule has 2 heterocycles. The zero-order valence-corrected chi connectivity index (χ0v) is 10.3. The number of hydrogen-bond donors (Lipinski definition) is 1. The molecular formula is C13H20N2O2. The highest BCUT2D eigenvalue weighted by atomic mass is 16.5. The van der Waals surface area contributed by atoms with Gasteiger partial charge in [-0.1, -0.05) is 0 Å². The summed E-state index contributed by atoms with van der Waals surface area (Å²) in [5.41, 5.74) is 2.30. The van der Waals surface area contributed by atoms with E-state index in [1.165, 1.54) is 5.69 Å². The highest BCUT2D eigenvalue weighted by Crippen LogP contribution is 2.21. The Hall–Kier alpha value is -1.13. The van der Waals surface area contributed by atoms with E-state index in [2.05, 4.69) is 22.0 Å². The van der Waals surface area contributed by atoms with Crippen LogP contribution in [0.5, 0.6) is 0 Å². The molecule has 94 valence electrons. The number of nitrogens with zero attached hydrogens (tertiary/aromatic N) is 2. The molecule has 1 aliphatic rings. The van der Waals surface area contributed by atoms with Crippen molar-refractivity contribution >= 4 is 5.69 Å². The van der Waals surface area contributed by atoms with Crippen LogP contribution >= 0.6 is 0 Å². The van der Waals surface area contributed by atoms with Crippen LogP contribution in [-0.4, -0.2) is 42.5 Å².